The molecular weight excluding hydrogens is 258 g/mol. The van der Waals surface area contributed by atoms with E-state index in [0.717, 1.165) is 17.9 Å². The minimum Gasteiger partial charge on any atom is -0.362 e. The van der Waals surface area contributed by atoms with Crippen LogP contribution in [-0.4, -0.2) is 19.6 Å². The van der Waals surface area contributed by atoms with E-state index >= 15 is 0 Å². The molecule has 98 valence electrons. The molecule has 0 aromatic carbocycles. The monoisotopic (exact) mass is 273 g/mol. The minimum atomic E-state index is 0.286. The first-order chi connectivity index (χ1) is 9.28. The number of rotatable bonds is 4. The van der Waals surface area contributed by atoms with Gasteiger partial charge in [0.05, 0.1) is 6.04 Å². The Morgan fingerprint density at radius 3 is 3.11 bits per heavy atom. The third-order valence-electron chi connectivity index (χ3n) is 3.00. The second kappa shape index (κ2) is 4.97. The highest BCUT2D eigenvalue weighted by molar-refractivity contribution is 7.10. The van der Waals surface area contributed by atoms with Crippen molar-refractivity contribution in [3.8, 4) is 0 Å². The van der Waals surface area contributed by atoms with Crippen LogP contribution in [0.1, 0.15) is 30.0 Å². The van der Waals surface area contributed by atoms with Crippen molar-refractivity contribution in [1.82, 2.24) is 19.6 Å². The van der Waals surface area contributed by atoms with E-state index in [1.165, 1.54) is 11.2 Å². The van der Waals surface area contributed by atoms with Crippen molar-refractivity contribution in [2.45, 2.75) is 26.3 Å². The lowest BCUT2D eigenvalue weighted by Crippen LogP contribution is -2.12. The van der Waals surface area contributed by atoms with Crippen molar-refractivity contribution in [1.29, 1.82) is 0 Å². The lowest BCUT2D eigenvalue weighted by Gasteiger charge is -2.17. The van der Waals surface area contributed by atoms with E-state index in [9.17, 15) is 0 Å². The smallest absolute Gasteiger partial charge is 0.254 e. The molecule has 0 saturated carbocycles. The van der Waals surface area contributed by atoms with E-state index in [1.54, 1.807) is 15.9 Å². The predicted octanol–water partition coefficient (Wildman–Crippen LogP) is 3.06. The summed E-state index contributed by atoms with van der Waals surface area (Å²) in [7, 11) is 0. The molecule has 19 heavy (non-hydrogen) atoms. The zero-order chi connectivity index (χ0) is 13.2. The van der Waals surface area contributed by atoms with Gasteiger partial charge in [-0.1, -0.05) is 13.0 Å². The summed E-state index contributed by atoms with van der Waals surface area (Å²) in [5.41, 5.74) is 0.934. The maximum atomic E-state index is 4.34. The van der Waals surface area contributed by atoms with E-state index in [0.29, 0.717) is 5.78 Å². The summed E-state index contributed by atoms with van der Waals surface area (Å²) in [4.78, 5) is 9.81. The molecule has 5 nitrogen and oxygen atoms in total. The lowest BCUT2D eigenvalue weighted by atomic mass is 10.2. The predicted molar refractivity (Wildman–Crippen MR) is 76.5 cm³/mol. The highest BCUT2D eigenvalue weighted by Gasteiger charge is 2.13. The molecule has 0 radical (unpaired) electrons. The first kappa shape index (κ1) is 12.1. The summed E-state index contributed by atoms with van der Waals surface area (Å²) < 4.78 is 1.74. The summed E-state index contributed by atoms with van der Waals surface area (Å²) in [6.07, 6.45) is 2.54. The topological polar surface area (TPSA) is 55.1 Å². The molecule has 0 amide bonds. The van der Waals surface area contributed by atoms with E-state index < -0.39 is 0 Å². The molecule has 3 rings (SSSR count). The van der Waals surface area contributed by atoms with Crippen LogP contribution in [0.25, 0.3) is 5.78 Å². The molecule has 0 spiro atoms. The van der Waals surface area contributed by atoms with Gasteiger partial charge in [0, 0.05) is 16.6 Å². The summed E-state index contributed by atoms with van der Waals surface area (Å²) in [5, 5.41) is 9.84. The van der Waals surface area contributed by atoms with Crippen LogP contribution in [0.5, 0.6) is 0 Å². The first-order valence-corrected chi connectivity index (χ1v) is 7.13. The second-order valence-electron chi connectivity index (χ2n) is 4.38. The standard InChI is InChI=1S/C13H15N5S/c1-3-10(11-5-4-6-19-11)17-12-7-9(2)16-13-14-8-15-18(12)13/h4-8,10,17H,3H2,1-2H3. The molecule has 0 fully saturated rings. The number of nitrogens with zero attached hydrogens (tertiary/aromatic N) is 4. The van der Waals surface area contributed by atoms with Crippen LogP contribution < -0.4 is 5.32 Å². The lowest BCUT2D eigenvalue weighted by molar-refractivity contribution is 0.747. The van der Waals surface area contributed by atoms with E-state index in [2.05, 4.69) is 44.8 Å². The van der Waals surface area contributed by atoms with Crippen LogP contribution in [0, 0.1) is 6.92 Å². The zero-order valence-electron chi connectivity index (χ0n) is 10.9. The maximum Gasteiger partial charge on any atom is 0.254 e. The number of fused-ring (bicyclic) bond motifs is 1. The number of hydrogen-bond acceptors (Lipinski definition) is 5. The molecule has 0 bridgehead atoms. The molecule has 0 aliphatic carbocycles. The Labute approximate surface area is 115 Å². The molecule has 3 heterocycles. The molecule has 6 heteroatoms. The molecule has 0 aliphatic rings. The van der Waals surface area contributed by atoms with Crippen molar-refractivity contribution in [3.63, 3.8) is 0 Å². The Kier molecular flexibility index (Phi) is 3.16. The average molecular weight is 273 g/mol. The number of thiophene rings is 1. The van der Waals surface area contributed by atoms with Crippen LogP contribution >= 0.6 is 11.3 Å². The summed E-state index contributed by atoms with van der Waals surface area (Å²) >= 11 is 1.76. The fourth-order valence-corrected chi connectivity index (χ4v) is 2.94. The van der Waals surface area contributed by atoms with Crippen molar-refractivity contribution >= 4 is 22.9 Å². The SMILES string of the molecule is CCC(Nc1cc(C)nc2ncnn12)c1cccs1. The van der Waals surface area contributed by atoms with Gasteiger partial charge >= 0.3 is 0 Å². The van der Waals surface area contributed by atoms with Gasteiger partial charge in [-0.3, -0.25) is 0 Å². The fourth-order valence-electron chi connectivity index (χ4n) is 2.08. The van der Waals surface area contributed by atoms with E-state index in [4.69, 9.17) is 0 Å². The molecule has 1 unspecified atom stereocenters. The van der Waals surface area contributed by atoms with Crippen LogP contribution in [-0.2, 0) is 0 Å². The number of anilines is 1. The Bertz CT molecular complexity index is 673. The Morgan fingerprint density at radius 1 is 1.47 bits per heavy atom. The number of hydrogen-bond donors (Lipinski definition) is 1. The van der Waals surface area contributed by atoms with Gasteiger partial charge in [0.15, 0.2) is 0 Å². The molecule has 1 atom stereocenters. The molecule has 3 aromatic rings. The second-order valence-corrected chi connectivity index (χ2v) is 5.35. The van der Waals surface area contributed by atoms with Crippen molar-refractivity contribution in [2.75, 3.05) is 5.32 Å². The maximum absolute atomic E-state index is 4.34. The third-order valence-corrected chi connectivity index (χ3v) is 3.98. The van der Waals surface area contributed by atoms with Gasteiger partial charge in [0.2, 0.25) is 0 Å². The molecule has 1 N–H and O–H groups in total. The van der Waals surface area contributed by atoms with Gasteiger partial charge in [-0.2, -0.15) is 14.6 Å². The number of aryl methyl sites for hydroxylation is 1. The molecule has 0 saturated heterocycles. The van der Waals surface area contributed by atoms with Gasteiger partial charge in [-0.05, 0) is 24.8 Å². The first-order valence-electron chi connectivity index (χ1n) is 6.25. The van der Waals surface area contributed by atoms with E-state index in [1.807, 2.05) is 13.0 Å². The summed E-state index contributed by atoms with van der Waals surface area (Å²) in [6, 6.07) is 6.51. The van der Waals surface area contributed by atoms with Crippen molar-refractivity contribution in [2.24, 2.45) is 0 Å². The molecule has 3 aromatic heterocycles. The normalized spacial score (nSPS) is 12.7. The van der Waals surface area contributed by atoms with Gasteiger partial charge in [-0.25, -0.2) is 4.98 Å². The highest BCUT2D eigenvalue weighted by atomic mass is 32.1. The Morgan fingerprint density at radius 2 is 2.37 bits per heavy atom. The summed E-state index contributed by atoms with van der Waals surface area (Å²) in [5.74, 6) is 1.56. The van der Waals surface area contributed by atoms with Gasteiger partial charge in [-0.15, -0.1) is 11.3 Å². The fraction of sp³-hybridized carbons (Fsp3) is 0.308. The quantitative estimate of drug-likeness (QED) is 0.793. The summed E-state index contributed by atoms with van der Waals surface area (Å²) in [6.45, 7) is 4.13. The molecular formula is C13H15N5S. The van der Waals surface area contributed by atoms with Crippen molar-refractivity contribution < 1.29 is 0 Å². The highest BCUT2D eigenvalue weighted by Crippen LogP contribution is 2.26. The average Bonchev–Trinajstić information content (AvgIpc) is 3.05. The van der Waals surface area contributed by atoms with Gasteiger partial charge in [0.1, 0.15) is 12.1 Å². The van der Waals surface area contributed by atoms with Crippen molar-refractivity contribution in [3.05, 3.63) is 40.5 Å². The largest absolute Gasteiger partial charge is 0.362 e. The number of aromatic nitrogens is 4. The zero-order valence-corrected chi connectivity index (χ0v) is 11.7. The Balaban J connectivity index is 1.98. The number of nitrogens with one attached hydrogen (secondary N) is 1. The molecule has 0 aliphatic heterocycles. The van der Waals surface area contributed by atoms with Crippen LogP contribution in [0.15, 0.2) is 29.9 Å². The van der Waals surface area contributed by atoms with Crippen LogP contribution in [0.2, 0.25) is 0 Å². The third kappa shape index (κ3) is 2.31. The van der Waals surface area contributed by atoms with Gasteiger partial charge in [0.25, 0.3) is 5.78 Å². The van der Waals surface area contributed by atoms with Gasteiger partial charge < -0.3 is 5.32 Å². The van der Waals surface area contributed by atoms with Crippen LogP contribution in [0.3, 0.4) is 0 Å². The Hall–Kier alpha value is -1.95. The van der Waals surface area contributed by atoms with E-state index in [-0.39, 0.29) is 6.04 Å². The van der Waals surface area contributed by atoms with Crippen LogP contribution in [0.4, 0.5) is 5.82 Å². The minimum absolute atomic E-state index is 0.286.